The van der Waals surface area contributed by atoms with Gasteiger partial charge >= 0.3 is 5.69 Å². The van der Waals surface area contributed by atoms with Crippen LogP contribution in [-0.4, -0.2) is 16.4 Å². The summed E-state index contributed by atoms with van der Waals surface area (Å²) in [5.41, 5.74) is -1.06. The molecular weight excluding hydrogens is 228 g/mol. The van der Waals surface area contributed by atoms with E-state index >= 15 is 0 Å². The largest absolute Gasteiger partial charge is 0.379 e. The van der Waals surface area contributed by atoms with Gasteiger partial charge in [0.15, 0.2) is 0 Å². The quantitative estimate of drug-likeness (QED) is 0.628. The molecule has 0 aliphatic rings. The summed E-state index contributed by atoms with van der Waals surface area (Å²) in [4.78, 5) is 19.8. The zero-order valence-electron chi connectivity index (χ0n) is 8.84. The maximum atomic E-state index is 10.8. The SMILES string of the molecule is CCNc1c(C#N)cc([N+](=O)[O-])cc1[N+](=O)[O-]. The van der Waals surface area contributed by atoms with Crippen LogP contribution < -0.4 is 5.32 Å². The molecule has 1 rings (SSSR count). The molecule has 0 aliphatic heterocycles. The number of hydrogen-bond donors (Lipinski definition) is 1. The molecule has 1 N–H and O–H groups in total. The number of nitro benzene ring substituents is 2. The summed E-state index contributed by atoms with van der Waals surface area (Å²) in [5, 5.41) is 32.8. The Kier molecular flexibility index (Phi) is 3.56. The van der Waals surface area contributed by atoms with Crippen molar-refractivity contribution in [1.29, 1.82) is 5.26 Å². The Morgan fingerprint density at radius 2 is 2.00 bits per heavy atom. The van der Waals surface area contributed by atoms with Gasteiger partial charge in [0.05, 0.1) is 21.5 Å². The molecule has 0 amide bonds. The third-order valence-electron chi connectivity index (χ3n) is 1.98. The highest BCUT2D eigenvalue weighted by Crippen LogP contribution is 2.32. The Bertz CT molecular complexity index is 520. The first-order valence-corrected chi connectivity index (χ1v) is 4.62. The maximum Gasteiger partial charge on any atom is 0.300 e. The van der Waals surface area contributed by atoms with Crippen molar-refractivity contribution in [3.05, 3.63) is 37.9 Å². The van der Waals surface area contributed by atoms with Crippen molar-refractivity contribution in [3.63, 3.8) is 0 Å². The number of hydrogen-bond acceptors (Lipinski definition) is 6. The highest BCUT2D eigenvalue weighted by atomic mass is 16.6. The predicted octanol–water partition coefficient (Wildman–Crippen LogP) is 1.81. The third-order valence-corrected chi connectivity index (χ3v) is 1.98. The number of nitrogens with one attached hydrogen (secondary N) is 1. The number of anilines is 1. The van der Waals surface area contributed by atoms with Gasteiger partial charge in [-0.15, -0.1) is 0 Å². The van der Waals surface area contributed by atoms with Gasteiger partial charge in [-0.2, -0.15) is 5.26 Å². The fourth-order valence-corrected chi connectivity index (χ4v) is 1.31. The number of nitriles is 1. The first kappa shape index (κ1) is 12.4. The zero-order valence-corrected chi connectivity index (χ0v) is 8.84. The second-order valence-corrected chi connectivity index (χ2v) is 3.04. The van der Waals surface area contributed by atoms with E-state index in [1.807, 2.05) is 0 Å². The summed E-state index contributed by atoms with van der Waals surface area (Å²) in [6, 6.07) is 3.54. The Hall–Kier alpha value is -2.69. The van der Waals surface area contributed by atoms with Gasteiger partial charge in [0.1, 0.15) is 11.8 Å². The molecule has 0 aromatic heterocycles. The van der Waals surface area contributed by atoms with E-state index in [0.29, 0.717) is 6.54 Å². The molecule has 88 valence electrons. The van der Waals surface area contributed by atoms with Crippen LogP contribution in [0.25, 0.3) is 0 Å². The highest BCUT2D eigenvalue weighted by molar-refractivity contribution is 5.73. The van der Waals surface area contributed by atoms with Crippen LogP contribution in [0, 0.1) is 31.6 Å². The van der Waals surface area contributed by atoms with Crippen LogP contribution in [0.3, 0.4) is 0 Å². The Balaban J connectivity index is 3.52. The van der Waals surface area contributed by atoms with Crippen molar-refractivity contribution in [2.24, 2.45) is 0 Å². The smallest absolute Gasteiger partial charge is 0.300 e. The Labute approximate surface area is 95.8 Å². The van der Waals surface area contributed by atoms with E-state index in [1.54, 1.807) is 13.0 Å². The van der Waals surface area contributed by atoms with Gasteiger partial charge in [-0.05, 0) is 6.92 Å². The lowest BCUT2D eigenvalue weighted by molar-refractivity contribution is -0.393. The van der Waals surface area contributed by atoms with E-state index < -0.39 is 21.2 Å². The lowest BCUT2D eigenvalue weighted by Crippen LogP contribution is -2.04. The van der Waals surface area contributed by atoms with Gasteiger partial charge in [-0.25, -0.2) is 0 Å². The third kappa shape index (κ3) is 2.46. The molecule has 8 heteroatoms. The molecule has 8 nitrogen and oxygen atoms in total. The fraction of sp³-hybridized carbons (Fsp3) is 0.222. The second-order valence-electron chi connectivity index (χ2n) is 3.04. The first-order chi connectivity index (χ1) is 8.01. The summed E-state index contributed by atoms with van der Waals surface area (Å²) in [6.07, 6.45) is 0. The minimum absolute atomic E-state index is 0.00519. The second kappa shape index (κ2) is 4.89. The van der Waals surface area contributed by atoms with Crippen molar-refractivity contribution in [3.8, 4) is 6.07 Å². The Morgan fingerprint density at radius 1 is 1.35 bits per heavy atom. The van der Waals surface area contributed by atoms with E-state index in [-0.39, 0.29) is 11.3 Å². The van der Waals surface area contributed by atoms with Gasteiger partial charge in [0, 0.05) is 12.6 Å². The van der Waals surface area contributed by atoms with Gasteiger partial charge in [0.2, 0.25) is 0 Å². The molecule has 1 aromatic rings. The predicted molar refractivity (Wildman–Crippen MR) is 58.6 cm³/mol. The maximum absolute atomic E-state index is 10.8. The highest BCUT2D eigenvalue weighted by Gasteiger charge is 2.23. The molecule has 0 fully saturated rings. The van der Waals surface area contributed by atoms with Crippen molar-refractivity contribution < 1.29 is 9.85 Å². The summed E-state index contributed by atoms with van der Waals surface area (Å²) in [7, 11) is 0. The van der Waals surface area contributed by atoms with Crippen LogP contribution in [0.4, 0.5) is 17.1 Å². The van der Waals surface area contributed by atoms with E-state index in [1.165, 1.54) is 0 Å². The fourth-order valence-electron chi connectivity index (χ4n) is 1.31. The van der Waals surface area contributed by atoms with E-state index in [4.69, 9.17) is 5.26 Å². The average Bonchev–Trinajstić information content (AvgIpc) is 2.28. The van der Waals surface area contributed by atoms with Crippen molar-refractivity contribution in [2.45, 2.75) is 6.92 Å². The van der Waals surface area contributed by atoms with Crippen LogP contribution in [0.1, 0.15) is 12.5 Å². The minimum atomic E-state index is -0.774. The molecule has 0 aliphatic carbocycles. The van der Waals surface area contributed by atoms with E-state index in [2.05, 4.69) is 5.32 Å². The topological polar surface area (TPSA) is 122 Å². The summed E-state index contributed by atoms with van der Waals surface area (Å²) in [6.45, 7) is 2.07. The molecule has 0 unspecified atom stereocenters. The number of benzene rings is 1. The number of non-ortho nitro benzene ring substituents is 1. The average molecular weight is 236 g/mol. The number of nitrogens with zero attached hydrogens (tertiary/aromatic N) is 3. The minimum Gasteiger partial charge on any atom is -0.379 e. The van der Waals surface area contributed by atoms with Crippen LogP contribution in [0.2, 0.25) is 0 Å². The van der Waals surface area contributed by atoms with Crippen molar-refractivity contribution in [2.75, 3.05) is 11.9 Å². The molecule has 0 spiro atoms. The zero-order chi connectivity index (χ0) is 13.0. The molecule has 0 bridgehead atoms. The number of nitro groups is 2. The van der Waals surface area contributed by atoms with Gasteiger partial charge in [-0.3, -0.25) is 20.2 Å². The van der Waals surface area contributed by atoms with Crippen molar-refractivity contribution in [1.82, 2.24) is 0 Å². The van der Waals surface area contributed by atoms with Gasteiger partial charge < -0.3 is 5.32 Å². The molecule has 0 saturated heterocycles. The van der Waals surface area contributed by atoms with Crippen LogP contribution in [0.15, 0.2) is 12.1 Å². The molecule has 0 saturated carbocycles. The van der Waals surface area contributed by atoms with E-state index in [0.717, 1.165) is 12.1 Å². The summed E-state index contributed by atoms with van der Waals surface area (Å²) >= 11 is 0. The number of rotatable bonds is 4. The molecular formula is C9H8N4O4. The molecule has 0 radical (unpaired) electrons. The first-order valence-electron chi connectivity index (χ1n) is 4.62. The molecule has 17 heavy (non-hydrogen) atoms. The Morgan fingerprint density at radius 3 is 2.41 bits per heavy atom. The normalized spacial score (nSPS) is 9.41. The lowest BCUT2D eigenvalue weighted by Gasteiger charge is -2.06. The monoisotopic (exact) mass is 236 g/mol. The van der Waals surface area contributed by atoms with Crippen molar-refractivity contribution >= 4 is 17.1 Å². The molecule has 0 atom stereocenters. The van der Waals surface area contributed by atoms with Crippen LogP contribution >= 0.6 is 0 Å². The van der Waals surface area contributed by atoms with Gasteiger partial charge in [0.25, 0.3) is 5.69 Å². The standard InChI is InChI=1S/C9H8N4O4/c1-2-11-9-6(5-10)3-7(12(14)15)4-8(9)13(16)17/h3-4,11H,2H2,1H3. The van der Waals surface area contributed by atoms with Crippen LogP contribution in [-0.2, 0) is 0 Å². The summed E-state index contributed by atoms with van der Waals surface area (Å²) in [5.74, 6) is 0. The molecule has 1 aromatic carbocycles. The summed E-state index contributed by atoms with van der Waals surface area (Å²) < 4.78 is 0. The van der Waals surface area contributed by atoms with E-state index in [9.17, 15) is 20.2 Å². The van der Waals surface area contributed by atoms with Crippen LogP contribution in [0.5, 0.6) is 0 Å². The molecule has 0 heterocycles. The lowest BCUT2D eigenvalue weighted by atomic mass is 10.1. The van der Waals surface area contributed by atoms with Gasteiger partial charge in [-0.1, -0.05) is 0 Å².